The normalized spacial score (nSPS) is 12.2. The maximum absolute atomic E-state index is 13.3. The Bertz CT molecular complexity index is 1120. The van der Waals surface area contributed by atoms with E-state index in [4.69, 9.17) is 10.3 Å². The number of nitroso groups, excluding NO2 is 1. The van der Waals surface area contributed by atoms with Gasteiger partial charge in [0.2, 0.25) is 5.95 Å². The molecule has 3 heterocycles. The topological polar surface area (TPSA) is 115 Å². The van der Waals surface area contributed by atoms with Gasteiger partial charge in [-0.25, -0.2) is 20.2 Å². The van der Waals surface area contributed by atoms with Crippen molar-refractivity contribution in [1.82, 2.24) is 19.4 Å². The highest BCUT2D eigenvalue weighted by Gasteiger charge is 2.21. The van der Waals surface area contributed by atoms with Gasteiger partial charge < -0.3 is 4.42 Å². The zero-order chi connectivity index (χ0) is 19.7. The lowest BCUT2D eigenvalue weighted by Gasteiger charge is -2.22. The average Bonchev–Trinajstić information content (AvgIpc) is 3.29. The van der Waals surface area contributed by atoms with Crippen LogP contribution in [0.1, 0.15) is 6.92 Å². The fraction of sp³-hybridized carbons (Fsp3) is 0.167. The molecule has 10 heteroatoms. The van der Waals surface area contributed by atoms with Crippen molar-refractivity contribution in [2.45, 2.75) is 13.0 Å². The second kappa shape index (κ2) is 7.16. The molecule has 0 amide bonds. The number of oxazole rings is 1. The third-order valence-corrected chi connectivity index (χ3v) is 4.31. The van der Waals surface area contributed by atoms with Gasteiger partial charge in [-0.05, 0) is 37.3 Å². The largest absolute Gasteiger partial charge is 0.432 e. The molecule has 3 aromatic heterocycles. The summed E-state index contributed by atoms with van der Waals surface area (Å²) in [6, 6.07) is 7.33. The zero-order valence-corrected chi connectivity index (χ0v) is 14.9. The first-order valence-corrected chi connectivity index (χ1v) is 8.46. The first-order valence-electron chi connectivity index (χ1n) is 8.46. The van der Waals surface area contributed by atoms with Gasteiger partial charge in [0.25, 0.3) is 0 Å². The quantitative estimate of drug-likeness (QED) is 0.310. The number of benzene rings is 1. The molecule has 0 aliphatic carbocycles. The van der Waals surface area contributed by atoms with Gasteiger partial charge >= 0.3 is 5.84 Å². The molecular formula is C18H16FN7O2. The van der Waals surface area contributed by atoms with Crippen LogP contribution in [0.15, 0.2) is 58.6 Å². The number of anilines is 1. The molecule has 0 fully saturated rings. The fourth-order valence-electron chi connectivity index (χ4n) is 2.84. The van der Waals surface area contributed by atoms with Crippen LogP contribution in [0.3, 0.4) is 0 Å². The molecule has 0 saturated heterocycles. The van der Waals surface area contributed by atoms with E-state index < -0.39 is 0 Å². The van der Waals surface area contributed by atoms with E-state index in [9.17, 15) is 9.30 Å². The predicted octanol–water partition coefficient (Wildman–Crippen LogP) is 3.03. The summed E-state index contributed by atoms with van der Waals surface area (Å²) in [5.41, 5.74) is 2.47. The molecule has 0 radical (unpaired) electrons. The molecule has 0 aliphatic heterocycles. The molecular weight excluding hydrogens is 365 g/mol. The lowest BCUT2D eigenvalue weighted by atomic mass is 10.1. The summed E-state index contributed by atoms with van der Waals surface area (Å²) in [6.07, 6.45) is 4.79. The van der Waals surface area contributed by atoms with E-state index in [-0.39, 0.29) is 24.4 Å². The maximum atomic E-state index is 13.3. The van der Waals surface area contributed by atoms with Crippen molar-refractivity contribution < 1.29 is 8.81 Å². The smallest absolute Gasteiger partial charge is 0.306 e. The van der Waals surface area contributed by atoms with E-state index in [1.807, 2.05) is 0 Å². The molecule has 0 aliphatic rings. The first-order chi connectivity index (χ1) is 13.6. The Kier molecular flexibility index (Phi) is 4.53. The van der Waals surface area contributed by atoms with Gasteiger partial charge in [0, 0.05) is 18.0 Å². The summed E-state index contributed by atoms with van der Waals surface area (Å²) in [4.78, 5) is 23.7. The second-order valence-corrected chi connectivity index (χ2v) is 6.18. The van der Waals surface area contributed by atoms with E-state index in [2.05, 4.69) is 20.1 Å². The number of fused-ring (bicyclic) bond motifs is 1. The summed E-state index contributed by atoms with van der Waals surface area (Å²) in [5, 5.41) is 4.15. The monoisotopic (exact) mass is 381 g/mol. The van der Waals surface area contributed by atoms with E-state index in [0.717, 1.165) is 0 Å². The van der Waals surface area contributed by atoms with Crippen LogP contribution in [-0.2, 0) is 0 Å². The Morgan fingerprint density at radius 2 is 2.07 bits per heavy atom. The van der Waals surface area contributed by atoms with E-state index in [0.29, 0.717) is 28.5 Å². The molecule has 0 bridgehead atoms. The molecule has 4 aromatic rings. The van der Waals surface area contributed by atoms with Crippen molar-refractivity contribution in [1.29, 1.82) is 0 Å². The summed E-state index contributed by atoms with van der Waals surface area (Å²) in [5.74, 6) is 6.30. The predicted molar refractivity (Wildman–Crippen MR) is 101 cm³/mol. The van der Waals surface area contributed by atoms with Crippen molar-refractivity contribution in [2.24, 2.45) is 11.0 Å². The number of nitrogens with two attached hydrogens (primary N) is 1. The van der Waals surface area contributed by atoms with Crippen LogP contribution < -0.4 is 10.9 Å². The number of hydrazine groups is 1. The van der Waals surface area contributed by atoms with Gasteiger partial charge in [-0.15, -0.1) is 0 Å². The molecule has 0 spiro atoms. The van der Waals surface area contributed by atoms with Crippen molar-refractivity contribution in [2.75, 3.05) is 11.6 Å². The number of hydrogen-bond acceptors (Lipinski definition) is 8. The van der Waals surface area contributed by atoms with Gasteiger partial charge in [-0.2, -0.15) is 9.89 Å². The lowest BCUT2D eigenvalue weighted by molar-refractivity contribution is 0.596. The highest BCUT2D eigenvalue weighted by atomic mass is 19.1. The summed E-state index contributed by atoms with van der Waals surface area (Å²) < 4.78 is 20.5. The van der Waals surface area contributed by atoms with Crippen molar-refractivity contribution >= 4 is 11.8 Å². The third-order valence-electron chi connectivity index (χ3n) is 4.31. The van der Waals surface area contributed by atoms with Crippen molar-refractivity contribution in [3.05, 3.63) is 59.7 Å². The van der Waals surface area contributed by atoms with Crippen molar-refractivity contribution in [3.8, 4) is 22.6 Å². The Labute approximate surface area is 158 Å². The van der Waals surface area contributed by atoms with Gasteiger partial charge in [-0.3, -0.25) is 9.41 Å². The Morgan fingerprint density at radius 3 is 2.82 bits per heavy atom. The molecule has 9 nitrogen and oxygen atoms in total. The molecule has 0 saturated carbocycles. The number of rotatable bonds is 6. The highest BCUT2D eigenvalue weighted by Crippen LogP contribution is 2.32. The third kappa shape index (κ3) is 3.09. The van der Waals surface area contributed by atoms with E-state index in [1.165, 1.54) is 23.4 Å². The molecule has 2 N–H and O–H groups in total. The second-order valence-electron chi connectivity index (χ2n) is 6.18. The summed E-state index contributed by atoms with van der Waals surface area (Å²) >= 11 is 0. The van der Waals surface area contributed by atoms with Crippen LogP contribution >= 0.6 is 0 Å². The lowest BCUT2D eigenvalue weighted by Crippen LogP contribution is -2.42. The number of imidazole rings is 1. The molecule has 1 aromatic carbocycles. The average molecular weight is 381 g/mol. The van der Waals surface area contributed by atoms with Crippen LogP contribution in [0, 0.1) is 10.7 Å². The Morgan fingerprint density at radius 1 is 1.29 bits per heavy atom. The molecule has 142 valence electrons. The van der Waals surface area contributed by atoms with Crippen LogP contribution in [0.5, 0.6) is 0 Å². The summed E-state index contributed by atoms with van der Waals surface area (Å²) in [6.45, 7) is 1.75. The minimum Gasteiger partial charge on any atom is -0.432 e. The number of aromatic nitrogens is 4. The van der Waals surface area contributed by atoms with Crippen LogP contribution in [0.25, 0.3) is 28.5 Å². The highest BCUT2D eigenvalue weighted by molar-refractivity contribution is 5.79. The Hall–Kier alpha value is -3.66. The maximum Gasteiger partial charge on any atom is 0.306 e. The van der Waals surface area contributed by atoms with Gasteiger partial charge in [-0.1, -0.05) is 5.18 Å². The number of hydrogen-bond donors (Lipinski definition) is 1. The number of nitrogens with zero attached hydrogens (tertiary/aromatic N) is 6. The molecule has 1 atom stereocenters. The van der Waals surface area contributed by atoms with E-state index in [1.54, 1.807) is 41.9 Å². The SMILES string of the molecule is CC(CN=O)N(N)c1nccc(-c2c(-c3ccc(F)cc3)nc3occn23)n1. The van der Waals surface area contributed by atoms with Crippen LogP contribution in [-0.4, -0.2) is 31.9 Å². The summed E-state index contributed by atoms with van der Waals surface area (Å²) in [7, 11) is 0. The Balaban J connectivity index is 1.84. The van der Waals surface area contributed by atoms with Gasteiger partial charge in [0.1, 0.15) is 30.0 Å². The minimum absolute atomic E-state index is 0.00355. The van der Waals surface area contributed by atoms with Crippen molar-refractivity contribution in [3.63, 3.8) is 0 Å². The first kappa shape index (κ1) is 17.7. The van der Waals surface area contributed by atoms with Crippen LogP contribution in [0.2, 0.25) is 0 Å². The van der Waals surface area contributed by atoms with Gasteiger partial charge in [0.15, 0.2) is 0 Å². The fourth-order valence-corrected chi connectivity index (χ4v) is 2.84. The van der Waals surface area contributed by atoms with E-state index >= 15 is 0 Å². The molecule has 28 heavy (non-hydrogen) atoms. The minimum atomic E-state index is -0.372. The molecule has 4 rings (SSSR count). The number of halogens is 1. The molecule has 1 unspecified atom stereocenters. The van der Waals surface area contributed by atoms with Gasteiger partial charge in [0.05, 0.1) is 11.7 Å². The zero-order valence-electron chi connectivity index (χ0n) is 14.9. The standard InChI is InChI=1S/C18H16FN7O2/c1-11(10-22-27)26(20)17-21-7-6-14(23-17)16-15(12-2-4-13(19)5-3-12)24-18-25(16)8-9-28-18/h2-9,11H,10,20H2,1H3. The van der Waals surface area contributed by atoms with Crippen LogP contribution in [0.4, 0.5) is 10.3 Å².